The van der Waals surface area contributed by atoms with Crippen molar-refractivity contribution in [1.82, 2.24) is 19.7 Å². The zero-order chi connectivity index (χ0) is 14.1. The summed E-state index contributed by atoms with van der Waals surface area (Å²) in [4.78, 5) is 14.2. The van der Waals surface area contributed by atoms with Gasteiger partial charge in [-0.2, -0.15) is 0 Å². The Morgan fingerprint density at radius 1 is 1.25 bits per heavy atom. The second-order valence-corrected chi connectivity index (χ2v) is 5.92. The third-order valence-corrected chi connectivity index (χ3v) is 4.36. The van der Waals surface area contributed by atoms with E-state index in [4.69, 9.17) is 5.73 Å². The molecule has 6 heteroatoms. The molecule has 2 atom stereocenters. The number of hydrogen-bond donors (Lipinski definition) is 1. The van der Waals surface area contributed by atoms with Crippen molar-refractivity contribution in [2.75, 3.05) is 6.54 Å². The van der Waals surface area contributed by atoms with Gasteiger partial charge in [-0.15, -0.1) is 10.2 Å². The zero-order valence-corrected chi connectivity index (χ0v) is 12.1. The summed E-state index contributed by atoms with van der Waals surface area (Å²) in [6.07, 6.45) is 6.51. The lowest BCUT2D eigenvalue weighted by Crippen LogP contribution is -2.46. The summed E-state index contributed by atoms with van der Waals surface area (Å²) in [5.74, 6) is 2.07. The molecule has 0 saturated carbocycles. The lowest BCUT2D eigenvalue weighted by atomic mass is 10.00. The van der Waals surface area contributed by atoms with E-state index in [1.54, 1.807) is 6.92 Å². The molecule has 1 amide bonds. The van der Waals surface area contributed by atoms with Crippen LogP contribution in [0.25, 0.3) is 0 Å². The van der Waals surface area contributed by atoms with Crippen molar-refractivity contribution in [3.63, 3.8) is 0 Å². The Kier molecular flexibility index (Phi) is 3.74. The fourth-order valence-electron chi connectivity index (χ4n) is 3.30. The highest BCUT2D eigenvalue weighted by Crippen LogP contribution is 2.31. The summed E-state index contributed by atoms with van der Waals surface area (Å²) < 4.78 is 2.22. The molecule has 0 spiro atoms. The summed E-state index contributed by atoms with van der Waals surface area (Å²) in [6.45, 7) is 3.52. The minimum atomic E-state index is -0.445. The van der Waals surface area contributed by atoms with Crippen molar-refractivity contribution >= 4 is 5.91 Å². The lowest BCUT2D eigenvalue weighted by Gasteiger charge is -2.36. The number of amides is 1. The topological polar surface area (TPSA) is 77.0 Å². The Labute approximate surface area is 119 Å². The van der Waals surface area contributed by atoms with Gasteiger partial charge in [-0.05, 0) is 39.0 Å². The van der Waals surface area contributed by atoms with Gasteiger partial charge in [0.2, 0.25) is 5.91 Å². The van der Waals surface area contributed by atoms with E-state index in [-0.39, 0.29) is 11.9 Å². The first-order valence-corrected chi connectivity index (χ1v) is 7.66. The number of fused-ring (bicyclic) bond motifs is 1. The molecular formula is C14H23N5O. The van der Waals surface area contributed by atoms with Crippen molar-refractivity contribution in [2.24, 2.45) is 5.73 Å². The van der Waals surface area contributed by atoms with Gasteiger partial charge >= 0.3 is 0 Å². The standard InChI is InChI=1S/C14H23N5O/c1-10(15)14(20)18-8-4-2-6-11(18)13-17-16-12-7-3-5-9-19(12)13/h10-11H,2-9,15H2,1H3/t10-,11?/m1/s1. The van der Waals surface area contributed by atoms with Crippen molar-refractivity contribution in [3.8, 4) is 0 Å². The second kappa shape index (κ2) is 5.52. The molecule has 110 valence electrons. The number of rotatable bonds is 2. The summed E-state index contributed by atoms with van der Waals surface area (Å²) in [5.41, 5.74) is 5.79. The molecule has 20 heavy (non-hydrogen) atoms. The number of carbonyl (C=O) groups is 1. The van der Waals surface area contributed by atoms with Crippen LogP contribution in [0.4, 0.5) is 0 Å². The quantitative estimate of drug-likeness (QED) is 0.875. The summed E-state index contributed by atoms with van der Waals surface area (Å²) in [6, 6.07) is -0.388. The van der Waals surface area contributed by atoms with E-state index in [2.05, 4.69) is 14.8 Å². The highest BCUT2D eigenvalue weighted by molar-refractivity contribution is 5.81. The van der Waals surface area contributed by atoms with Crippen molar-refractivity contribution in [2.45, 2.75) is 64.1 Å². The molecule has 1 aromatic heterocycles. The van der Waals surface area contributed by atoms with Gasteiger partial charge in [-0.1, -0.05) is 0 Å². The average molecular weight is 277 g/mol. The third-order valence-electron chi connectivity index (χ3n) is 4.36. The molecule has 3 rings (SSSR count). The maximum atomic E-state index is 12.3. The minimum Gasteiger partial charge on any atom is -0.331 e. The van der Waals surface area contributed by atoms with E-state index >= 15 is 0 Å². The fraction of sp³-hybridized carbons (Fsp3) is 0.786. The molecule has 1 saturated heterocycles. The van der Waals surface area contributed by atoms with Gasteiger partial charge < -0.3 is 15.2 Å². The molecule has 1 aromatic rings. The molecule has 2 aliphatic rings. The van der Waals surface area contributed by atoms with Crippen LogP contribution in [0.5, 0.6) is 0 Å². The molecule has 1 unspecified atom stereocenters. The largest absolute Gasteiger partial charge is 0.331 e. The van der Waals surface area contributed by atoms with E-state index in [1.807, 2.05) is 4.90 Å². The Morgan fingerprint density at radius 3 is 2.85 bits per heavy atom. The van der Waals surface area contributed by atoms with Gasteiger partial charge in [0.15, 0.2) is 5.82 Å². The summed E-state index contributed by atoms with van der Waals surface area (Å²) in [7, 11) is 0. The molecule has 6 nitrogen and oxygen atoms in total. The van der Waals surface area contributed by atoms with Crippen molar-refractivity contribution < 1.29 is 4.79 Å². The van der Waals surface area contributed by atoms with Crippen LogP contribution in [0, 0.1) is 0 Å². The molecule has 0 aromatic carbocycles. The molecule has 0 radical (unpaired) electrons. The number of carbonyl (C=O) groups excluding carboxylic acids is 1. The number of nitrogens with zero attached hydrogens (tertiary/aromatic N) is 4. The zero-order valence-electron chi connectivity index (χ0n) is 12.1. The van der Waals surface area contributed by atoms with Crippen molar-refractivity contribution in [1.29, 1.82) is 0 Å². The SMILES string of the molecule is C[C@@H](N)C(=O)N1CCCCC1c1nnc2n1CCCC2. The predicted octanol–water partition coefficient (Wildman–Crippen LogP) is 1.02. The Bertz CT molecular complexity index is 496. The van der Waals surface area contributed by atoms with E-state index in [9.17, 15) is 4.79 Å². The summed E-state index contributed by atoms with van der Waals surface area (Å²) in [5, 5.41) is 8.71. The fourth-order valence-corrected chi connectivity index (χ4v) is 3.30. The van der Waals surface area contributed by atoms with E-state index in [1.165, 1.54) is 12.8 Å². The number of piperidine rings is 1. The van der Waals surface area contributed by atoms with E-state index in [0.717, 1.165) is 50.4 Å². The maximum absolute atomic E-state index is 12.3. The Morgan fingerprint density at radius 2 is 2.05 bits per heavy atom. The van der Waals surface area contributed by atoms with Crippen LogP contribution in [-0.4, -0.2) is 38.2 Å². The first-order chi connectivity index (χ1) is 9.68. The van der Waals surface area contributed by atoms with Gasteiger partial charge in [0.1, 0.15) is 5.82 Å². The number of aryl methyl sites for hydroxylation is 1. The Hall–Kier alpha value is -1.43. The lowest BCUT2D eigenvalue weighted by molar-refractivity contribution is -0.136. The van der Waals surface area contributed by atoms with Crippen LogP contribution in [0.1, 0.15) is 56.7 Å². The molecule has 3 heterocycles. The van der Waals surface area contributed by atoms with Crippen LogP contribution in [0.15, 0.2) is 0 Å². The molecule has 1 fully saturated rings. The van der Waals surface area contributed by atoms with Crippen LogP contribution >= 0.6 is 0 Å². The third kappa shape index (κ3) is 2.32. The molecule has 2 aliphatic heterocycles. The first-order valence-electron chi connectivity index (χ1n) is 7.66. The number of nitrogens with two attached hydrogens (primary N) is 1. The monoisotopic (exact) mass is 277 g/mol. The van der Waals surface area contributed by atoms with Crippen LogP contribution in [0.3, 0.4) is 0 Å². The van der Waals surface area contributed by atoms with Gasteiger partial charge in [0.05, 0.1) is 12.1 Å². The summed E-state index contributed by atoms with van der Waals surface area (Å²) >= 11 is 0. The number of hydrogen-bond acceptors (Lipinski definition) is 4. The van der Waals surface area contributed by atoms with Crippen LogP contribution in [0.2, 0.25) is 0 Å². The predicted molar refractivity (Wildman–Crippen MR) is 74.9 cm³/mol. The van der Waals surface area contributed by atoms with Crippen LogP contribution in [-0.2, 0) is 17.8 Å². The number of likely N-dealkylation sites (tertiary alicyclic amines) is 1. The minimum absolute atomic E-state index is 0.0304. The molecule has 0 bridgehead atoms. The van der Waals surface area contributed by atoms with Crippen LogP contribution < -0.4 is 5.73 Å². The highest BCUT2D eigenvalue weighted by atomic mass is 16.2. The maximum Gasteiger partial charge on any atom is 0.239 e. The molecular weight excluding hydrogens is 254 g/mol. The van der Waals surface area contributed by atoms with Crippen molar-refractivity contribution in [3.05, 3.63) is 11.6 Å². The van der Waals surface area contributed by atoms with Gasteiger partial charge in [0, 0.05) is 19.5 Å². The van der Waals surface area contributed by atoms with E-state index < -0.39 is 6.04 Å². The molecule has 2 N–H and O–H groups in total. The van der Waals surface area contributed by atoms with E-state index in [0.29, 0.717) is 0 Å². The first kappa shape index (κ1) is 13.5. The Balaban J connectivity index is 1.90. The second-order valence-electron chi connectivity index (χ2n) is 5.92. The smallest absolute Gasteiger partial charge is 0.239 e. The highest BCUT2D eigenvalue weighted by Gasteiger charge is 2.33. The van der Waals surface area contributed by atoms with Gasteiger partial charge in [-0.3, -0.25) is 4.79 Å². The number of aromatic nitrogens is 3. The van der Waals surface area contributed by atoms with Gasteiger partial charge in [0.25, 0.3) is 0 Å². The molecule has 0 aliphatic carbocycles. The average Bonchev–Trinajstić information content (AvgIpc) is 2.90. The normalized spacial score (nSPS) is 24.3. The van der Waals surface area contributed by atoms with Gasteiger partial charge in [-0.25, -0.2) is 0 Å².